The van der Waals surface area contributed by atoms with E-state index in [2.05, 4.69) is 0 Å². The van der Waals surface area contributed by atoms with E-state index < -0.39 is 0 Å². The van der Waals surface area contributed by atoms with Crippen molar-refractivity contribution < 1.29 is 9.47 Å². The highest BCUT2D eigenvalue weighted by atomic mass is 32.1. The van der Waals surface area contributed by atoms with Gasteiger partial charge in [-0.2, -0.15) is 0 Å². The van der Waals surface area contributed by atoms with Gasteiger partial charge >= 0.3 is 0 Å². The molecule has 0 aromatic carbocycles. The molecule has 0 bridgehead atoms. The van der Waals surface area contributed by atoms with Crippen LogP contribution in [0.1, 0.15) is 13.8 Å². The molecule has 0 saturated heterocycles. The third kappa shape index (κ3) is 0.850. The number of hydrogen-bond donors (Lipinski definition) is 0. The van der Waals surface area contributed by atoms with Gasteiger partial charge in [0.05, 0.1) is 0 Å². The van der Waals surface area contributed by atoms with E-state index >= 15 is 0 Å². The van der Waals surface area contributed by atoms with Crippen molar-refractivity contribution >= 4 is 34.5 Å². The van der Waals surface area contributed by atoms with E-state index in [1.807, 2.05) is 13.8 Å². The van der Waals surface area contributed by atoms with E-state index in [0.29, 0.717) is 21.6 Å². The van der Waals surface area contributed by atoms with Gasteiger partial charge in [-0.3, -0.25) is 0 Å². The van der Waals surface area contributed by atoms with Gasteiger partial charge in [-0.25, -0.2) is 0 Å². The molecule has 0 unspecified atom stereocenters. The smallest absolute Gasteiger partial charge is 0.197 e. The van der Waals surface area contributed by atoms with E-state index in [-0.39, 0.29) is 0 Å². The molecule has 0 radical (unpaired) electrons. The van der Waals surface area contributed by atoms with Crippen LogP contribution in [0.5, 0.6) is 0 Å². The summed E-state index contributed by atoms with van der Waals surface area (Å²) in [6, 6.07) is 0. The molecular weight excluding hydrogens is 192 g/mol. The normalized spacial score (nSPS) is 21.5. The summed E-state index contributed by atoms with van der Waals surface area (Å²) in [7, 11) is 0. The van der Waals surface area contributed by atoms with Gasteiger partial charge in [-0.05, 0) is 38.3 Å². The first-order valence-corrected chi connectivity index (χ1v) is 4.29. The topological polar surface area (TPSA) is 18.5 Å². The maximum absolute atomic E-state index is 5.30. The molecule has 2 aliphatic heterocycles. The summed E-state index contributed by atoms with van der Waals surface area (Å²) >= 11 is 9.90. The monoisotopic (exact) mass is 198 g/mol. The number of fused-ring (bicyclic) bond motifs is 1. The van der Waals surface area contributed by atoms with Crippen LogP contribution in [0.2, 0.25) is 0 Å². The second-order valence-corrected chi connectivity index (χ2v) is 3.43. The molecule has 12 heavy (non-hydrogen) atoms. The van der Waals surface area contributed by atoms with Gasteiger partial charge in [-0.1, -0.05) is 0 Å². The molecule has 0 amide bonds. The van der Waals surface area contributed by atoms with Crippen molar-refractivity contribution in [1.82, 2.24) is 0 Å². The Morgan fingerprint density at radius 3 is 1.50 bits per heavy atom. The molecule has 0 spiro atoms. The zero-order chi connectivity index (χ0) is 8.88. The van der Waals surface area contributed by atoms with Crippen LogP contribution < -0.4 is 0 Å². The Kier molecular flexibility index (Phi) is 1.56. The highest BCUT2D eigenvalue weighted by Crippen LogP contribution is 2.36. The number of ether oxygens (including phenoxy) is 2. The zero-order valence-corrected chi connectivity index (χ0v) is 8.27. The molecule has 0 aliphatic carbocycles. The minimum atomic E-state index is 0.488. The van der Waals surface area contributed by atoms with Crippen LogP contribution in [0, 0.1) is 0 Å². The third-order valence-corrected chi connectivity index (χ3v) is 2.67. The Balaban J connectivity index is 2.59. The average Bonchev–Trinajstić information content (AvgIpc) is 2.43. The summed E-state index contributed by atoms with van der Waals surface area (Å²) in [5.74, 6) is 1.39. The van der Waals surface area contributed by atoms with Crippen molar-refractivity contribution in [2.45, 2.75) is 13.8 Å². The molecule has 2 rings (SSSR count). The molecule has 0 atom stereocenters. The largest absolute Gasteiger partial charge is 0.441 e. The van der Waals surface area contributed by atoms with Gasteiger partial charge in [0.15, 0.2) is 21.6 Å². The van der Waals surface area contributed by atoms with E-state index in [9.17, 15) is 0 Å². The lowest BCUT2D eigenvalue weighted by molar-refractivity contribution is 0.389. The summed E-state index contributed by atoms with van der Waals surface area (Å²) in [5, 5.41) is 0.976. The minimum absolute atomic E-state index is 0.488. The van der Waals surface area contributed by atoms with Crippen molar-refractivity contribution in [2.75, 3.05) is 0 Å². The molecule has 0 saturated carbocycles. The quantitative estimate of drug-likeness (QED) is 0.555. The van der Waals surface area contributed by atoms with Crippen LogP contribution >= 0.6 is 24.4 Å². The molecule has 2 nitrogen and oxygen atoms in total. The van der Waals surface area contributed by atoms with E-state index in [1.165, 1.54) is 0 Å². The van der Waals surface area contributed by atoms with Crippen molar-refractivity contribution in [3.63, 3.8) is 0 Å². The Morgan fingerprint density at radius 1 is 0.833 bits per heavy atom. The van der Waals surface area contributed by atoms with Crippen LogP contribution in [-0.2, 0) is 9.47 Å². The summed E-state index contributed by atoms with van der Waals surface area (Å²) < 4.78 is 10.6. The highest BCUT2D eigenvalue weighted by Gasteiger charge is 2.34. The lowest BCUT2D eigenvalue weighted by Crippen LogP contribution is -1.98. The molecule has 2 aliphatic rings. The number of hydrogen-bond acceptors (Lipinski definition) is 4. The number of thiocarbonyl (C=S) groups is 2. The predicted octanol–water partition coefficient (Wildman–Crippen LogP) is 2.25. The molecule has 2 heterocycles. The van der Waals surface area contributed by atoms with E-state index in [4.69, 9.17) is 33.9 Å². The van der Waals surface area contributed by atoms with Gasteiger partial charge in [-0.15, -0.1) is 0 Å². The molecule has 0 aromatic rings. The van der Waals surface area contributed by atoms with Crippen LogP contribution in [0.3, 0.4) is 0 Å². The van der Waals surface area contributed by atoms with Gasteiger partial charge in [0, 0.05) is 11.1 Å². The standard InChI is InChI=1S/C8H6O2S2/c1-3-5-6(10-7(3)11)4(2)8(12)9-5/h1-2H3. The first-order valence-electron chi connectivity index (χ1n) is 3.47. The van der Waals surface area contributed by atoms with Gasteiger partial charge < -0.3 is 9.47 Å². The summed E-state index contributed by atoms with van der Waals surface area (Å²) in [4.78, 5) is 0. The SMILES string of the molecule is CC1=C2OC(=S)C(C)=C2OC1=S. The van der Waals surface area contributed by atoms with Crippen LogP contribution in [0.25, 0.3) is 0 Å². The first-order chi connectivity index (χ1) is 5.61. The van der Waals surface area contributed by atoms with Gasteiger partial charge in [0.25, 0.3) is 0 Å². The first kappa shape index (κ1) is 7.89. The Morgan fingerprint density at radius 2 is 1.17 bits per heavy atom. The molecular formula is C8H6O2S2. The maximum atomic E-state index is 5.30. The van der Waals surface area contributed by atoms with Crippen LogP contribution in [0.4, 0.5) is 0 Å². The fourth-order valence-corrected chi connectivity index (χ4v) is 1.46. The third-order valence-electron chi connectivity index (χ3n) is 1.89. The second-order valence-electron chi connectivity index (χ2n) is 2.69. The average molecular weight is 198 g/mol. The maximum Gasteiger partial charge on any atom is 0.197 e. The lowest BCUT2D eigenvalue weighted by atomic mass is 10.2. The predicted molar refractivity (Wildman–Crippen MR) is 52.8 cm³/mol. The Hall–Kier alpha value is -0.740. The Bertz CT molecular complexity index is 327. The van der Waals surface area contributed by atoms with E-state index in [0.717, 1.165) is 11.1 Å². The molecule has 0 fully saturated rings. The minimum Gasteiger partial charge on any atom is -0.441 e. The van der Waals surface area contributed by atoms with Crippen molar-refractivity contribution in [3.05, 3.63) is 22.7 Å². The fourth-order valence-electron chi connectivity index (χ4n) is 1.11. The van der Waals surface area contributed by atoms with Crippen LogP contribution in [-0.4, -0.2) is 10.1 Å². The Labute approximate surface area is 80.8 Å². The van der Waals surface area contributed by atoms with Crippen molar-refractivity contribution in [3.8, 4) is 0 Å². The van der Waals surface area contributed by atoms with Crippen molar-refractivity contribution in [2.24, 2.45) is 0 Å². The molecule has 62 valence electrons. The fraction of sp³-hybridized carbons (Fsp3) is 0.250. The van der Waals surface area contributed by atoms with E-state index in [1.54, 1.807) is 0 Å². The van der Waals surface area contributed by atoms with Gasteiger partial charge in [0.1, 0.15) is 0 Å². The zero-order valence-electron chi connectivity index (χ0n) is 6.63. The molecule has 0 aromatic heterocycles. The number of rotatable bonds is 0. The van der Waals surface area contributed by atoms with Crippen molar-refractivity contribution in [1.29, 1.82) is 0 Å². The molecule has 4 heteroatoms. The molecule has 0 N–H and O–H groups in total. The highest BCUT2D eigenvalue weighted by molar-refractivity contribution is 7.80. The summed E-state index contributed by atoms with van der Waals surface area (Å²) in [6.45, 7) is 3.73. The summed E-state index contributed by atoms with van der Waals surface area (Å²) in [5.41, 5.74) is 1.72. The second kappa shape index (κ2) is 2.37. The van der Waals surface area contributed by atoms with Crippen LogP contribution in [0.15, 0.2) is 22.7 Å². The summed E-state index contributed by atoms with van der Waals surface area (Å²) in [6.07, 6.45) is 0. The van der Waals surface area contributed by atoms with Gasteiger partial charge in [0.2, 0.25) is 0 Å². The lowest BCUT2D eigenvalue weighted by Gasteiger charge is -1.97.